The van der Waals surface area contributed by atoms with Crippen molar-refractivity contribution in [3.63, 3.8) is 0 Å². The minimum Gasteiger partial charge on any atom is -0.374 e. The maximum absolute atomic E-state index is 12.6. The van der Waals surface area contributed by atoms with E-state index in [1.54, 1.807) is 12.2 Å². The van der Waals surface area contributed by atoms with Crippen LogP contribution in [0.4, 0.5) is 0 Å². The number of carbonyl (C=O) groups excluding carboxylic acids is 1. The Kier molecular flexibility index (Phi) is 3.38. The van der Waals surface area contributed by atoms with Crippen LogP contribution in [0.25, 0.3) is 0 Å². The van der Waals surface area contributed by atoms with E-state index < -0.39 is 0 Å². The lowest BCUT2D eigenvalue weighted by Crippen LogP contribution is -2.47. The molecule has 3 unspecified atom stereocenters. The summed E-state index contributed by atoms with van der Waals surface area (Å²) in [4.78, 5) is 14.4. The van der Waals surface area contributed by atoms with Crippen molar-refractivity contribution in [2.45, 2.75) is 38.4 Å². The molecule has 94 valence electrons. The zero-order valence-electron chi connectivity index (χ0n) is 10.5. The number of hydrogen-bond donors (Lipinski definition) is 0. The number of carbonyl (C=O) groups is 1. The van der Waals surface area contributed by atoms with Gasteiger partial charge in [0.2, 0.25) is 5.91 Å². The van der Waals surface area contributed by atoms with Crippen molar-refractivity contribution in [2.24, 2.45) is 5.41 Å². The number of ether oxygens (including phenoxy) is 1. The predicted octanol–water partition coefficient (Wildman–Crippen LogP) is 2.14. The van der Waals surface area contributed by atoms with Crippen molar-refractivity contribution in [2.75, 3.05) is 13.1 Å². The Balaban J connectivity index is 2.12. The van der Waals surface area contributed by atoms with Crippen LogP contribution in [-0.2, 0) is 9.53 Å². The van der Waals surface area contributed by atoms with Gasteiger partial charge in [0.05, 0.1) is 17.6 Å². The van der Waals surface area contributed by atoms with Crippen LogP contribution in [0.5, 0.6) is 0 Å². The maximum atomic E-state index is 12.6. The van der Waals surface area contributed by atoms with Crippen molar-refractivity contribution in [1.29, 1.82) is 0 Å². The van der Waals surface area contributed by atoms with Gasteiger partial charge in [-0.2, -0.15) is 0 Å². The van der Waals surface area contributed by atoms with E-state index in [-0.39, 0.29) is 17.4 Å². The Morgan fingerprint density at radius 1 is 1.41 bits per heavy atom. The van der Waals surface area contributed by atoms with Gasteiger partial charge >= 0.3 is 0 Å². The summed E-state index contributed by atoms with van der Waals surface area (Å²) in [6, 6.07) is 0. The predicted molar refractivity (Wildman–Crippen MR) is 67.6 cm³/mol. The SMILES string of the molecule is C=CCN(CC=C)C(=O)C1(C)CC2CCC1O2. The third-order valence-corrected chi connectivity index (χ3v) is 3.94. The Morgan fingerprint density at radius 2 is 2.06 bits per heavy atom. The molecule has 2 saturated heterocycles. The molecule has 0 N–H and O–H groups in total. The van der Waals surface area contributed by atoms with Gasteiger partial charge in [-0.3, -0.25) is 4.79 Å². The summed E-state index contributed by atoms with van der Waals surface area (Å²) in [5.74, 6) is 0.185. The molecule has 2 aliphatic rings. The molecule has 2 fully saturated rings. The second-order valence-electron chi connectivity index (χ2n) is 5.23. The Hall–Kier alpha value is -1.09. The fraction of sp³-hybridized carbons (Fsp3) is 0.643. The molecule has 0 saturated carbocycles. The van der Waals surface area contributed by atoms with Gasteiger partial charge in [0.1, 0.15) is 0 Å². The van der Waals surface area contributed by atoms with Crippen molar-refractivity contribution < 1.29 is 9.53 Å². The van der Waals surface area contributed by atoms with E-state index in [0.29, 0.717) is 19.2 Å². The van der Waals surface area contributed by atoms with E-state index in [1.807, 2.05) is 11.8 Å². The lowest BCUT2D eigenvalue weighted by Gasteiger charge is -2.34. The molecule has 2 bridgehead atoms. The van der Waals surface area contributed by atoms with Crippen LogP contribution < -0.4 is 0 Å². The molecule has 1 amide bonds. The van der Waals surface area contributed by atoms with Gasteiger partial charge in [-0.05, 0) is 26.2 Å². The highest BCUT2D eigenvalue weighted by Gasteiger charge is 2.54. The lowest BCUT2D eigenvalue weighted by atomic mass is 9.74. The van der Waals surface area contributed by atoms with E-state index in [2.05, 4.69) is 13.2 Å². The van der Waals surface area contributed by atoms with E-state index in [0.717, 1.165) is 19.3 Å². The Morgan fingerprint density at radius 3 is 2.47 bits per heavy atom. The van der Waals surface area contributed by atoms with Crippen molar-refractivity contribution in [3.05, 3.63) is 25.3 Å². The molecule has 2 rings (SSSR count). The van der Waals surface area contributed by atoms with E-state index >= 15 is 0 Å². The smallest absolute Gasteiger partial charge is 0.231 e. The summed E-state index contributed by atoms with van der Waals surface area (Å²) in [5, 5.41) is 0. The number of rotatable bonds is 5. The first-order chi connectivity index (χ1) is 8.11. The summed E-state index contributed by atoms with van der Waals surface area (Å²) in [6.45, 7) is 10.6. The van der Waals surface area contributed by atoms with Gasteiger partial charge in [-0.1, -0.05) is 12.2 Å². The Bertz CT molecular complexity index is 329. The van der Waals surface area contributed by atoms with E-state index in [4.69, 9.17) is 4.74 Å². The highest BCUT2D eigenvalue weighted by Crippen LogP contribution is 2.48. The van der Waals surface area contributed by atoms with Crippen molar-refractivity contribution >= 4 is 5.91 Å². The van der Waals surface area contributed by atoms with Gasteiger partial charge in [-0.25, -0.2) is 0 Å². The molecule has 2 aliphatic heterocycles. The largest absolute Gasteiger partial charge is 0.374 e. The van der Waals surface area contributed by atoms with Crippen LogP contribution in [0, 0.1) is 5.41 Å². The zero-order chi connectivity index (χ0) is 12.5. The van der Waals surface area contributed by atoms with Gasteiger partial charge < -0.3 is 9.64 Å². The molecule has 0 aromatic heterocycles. The lowest BCUT2D eigenvalue weighted by molar-refractivity contribution is -0.143. The van der Waals surface area contributed by atoms with Crippen LogP contribution in [0.2, 0.25) is 0 Å². The zero-order valence-corrected chi connectivity index (χ0v) is 10.5. The quantitative estimate of drug-likeness (QED) is 0.683. The molecule has 0 aromatic carbocycles. The first-order valence-corrected chi connectivity index (χ1v) is 6.28. The summed E-state index contributed by atoms with van der Waals surface area (Å²) in [5.41, 5.74) is -0.338. The van der Waals surface area contributed by atoms with Gasteiger partial charge in [-0.15, -0.1) is 13.2 Å². The van der Waals surface area contributed by atoms with Crippen LogP contribution in [0.1, 0.15) is 26.2 Å². The van der Waals surface area contributed by atoms with Gasteiger partial charge in [0, 0.05) is 13.1 Å². The van der Waals surface area contributed by atoms with Gasteiger partial charge in [0.25, 0.3) is 0 Å². The molecule has 17 heavy (non-hydrogen) atoms. The van der Waals surface area contributed by atoms with Crippen LogP contribution in [0.15, 0.2) is 25.3 Å². The molecule has 0 aromatic rings. The van der Waals surface area contributed by atoms with E-state index in [1.165, 1.54) is 0 Å². The minimum atomic E-state index is -0.338. The summed E-state index contributed by atoms with van der Waals surface area (Å²) in [6.07, 6.45) is 6.92. The fourth-order valence-corrected chi connectivity index (χ4v) is 3.07. The summed E-state index contributed by atoms with van der Waals surface area (Å²) >= 11 is 0. The molecule has 3 heteroatoms. The van der Waals surface area contributed by atoms with Crippen molar-refractivity contribution in [3.8, 4) is 0 Å². The van der Waals surface area contributed by atoms with Crippen LogP contribution in [0.3, 0.4) is 0 Å². The maximum Gasteiger partial charge on any atom is 0.231 e. The second kappa shape index (κ2) is 4.65. The number of amides is 1. The molecular weight excluding hydrogens is 214 g/mol. The first kappa shape index (κ1) is 12.4. The van der Waals surface area contributed by atoms with Crippen LogP contribution in [-0.4, -0.2) is 36.1 Å². The highest BCUT2D eigenvalue weighted by molar-refractivity contribution is 5.84. The standard InChI is InChI=1S/C14H21NO2/c1-4-8-15(9-5-2)13(16)14(3)10-11-6-7-12(14)17-11/h4-5,11-12H,1-2,6-10H2,3H3. The Labute approximate surface area is 103 Å². The number of fused-ring (bicyclic) bond motifs is 2. The molecule has 0 radical (unpaired) electrons. The average Bonchev–Trinajstić information content (AvgIpc) is 2.88. The summed E-state index contributed by atoms with van der Waals surface area (Å²) in [7, 11) is 0. The minimum absolute atomic E-state index is 0.108. The molecule has 0 spiro atoms. The molecular formula is C14H21NO2. The van der Waals surface area contributed by atoms with Crippen LogP contribution >= 0.6 is 0 Å². The second-order valence-corrected chi connectivity index (χ2v) is 5.23. The third kappa shape index (κ3) is 2.04. The number of hydrogen-bond acceptors (Lipinski definition) is 2. The van der Waals surface area contributed by atoms with Crippen molar-refractivity contribution in [1.82, 2.24) is 4.90 Å². The summed E-state index contributed by atoms with van der Waals surface area (Å²) < 4.78 is 5.82. The molecule has 2 heterocycles. The molecule has 3 nitrogen and oxygen atoms in total. The topological polar surface area (TPSA) is 29.5 Å². The average molecular weight is 235 g/mol. The first-order valence-electron chi connectivity index (χ1n) is 6.28. The number of nitrogens with zero attached hydrogens (tertiary/aromatic N) is 1. The van der Waals surface area contributed by atoms with E-state index in [9.17, 15) is 4.79 Å². The molecule has 3 atom stereocenters. The highest BCUT2D eigenvalue weighted by atomic mass is 16.5. The third-order valence-electron chi connectivity index (χ3n) is 3.94. The normalized spacial score (nSPS) is 34.6. The van der Waals surface area contributed by atoms with Gasteiger partial charge in [0.15, 0.2) is 0 Å². The fourth-order valence-electron chi connectivity index (χ4n) is 3.07. The monoisotopic (exact) mass is 235 g/mol. The molecule has 0 aliphatic carbocycles.